The van der Waals surface area contributed by atoms with Crippen molar-refractivity contribution in [1.82, 2.24) is 9.62 Å². The molecule has 0 unspecified atom stereocenters. The first-order chi connectivity index (χ1) is 18.3. The Morgan fingerprint density at radius 2 is 1.79 bits per heavy atom. The van der Waals surface area contributed by atoms with Crippen LogP contribution in [-0.4, -0.2) is 54.3 Å². The third-order valence-corrected chi connectivity index (χ3v) is 8.78. The molecule has 3 aromatic rings. The van der Waals surface area contributed by atoms with Crippen LogP contribution in [0.5, 0.6) is 0 Å². The SMILES string of the molecule is CCN(CC)S(=O)(=O)c1ccc(-c2ccc(/C=N\N=C3\NC(=O)[C@H](CC(=O)Nc4ccccc4)S3)o2)cc1. The van der Waals surface area contributed by atoms with E-state index in [9.17, 15) is 18.0 Å². The Bertz CT molecular complexity index is 1450. The fourth-order valence-corrected chi connectivity index (χ4v) is 6.09. The normalized spacial score (nSPS) is 16.9. The van der Waals surface area contributed by atoms with Crippen molar-refractivity contribution in [3.05, 3.63) is 72.5 Å². The van der Waals surface area contributed by atoms with Gasteiger partial charge in [-0.3, -0.25) is 9.59 Å². The van der Waals surface area contributed by atoms with E-state index in [1.807, 2.05) is 18.2 Å². The Balaban J connectivity index is 1.34. The molecule has 0 radical (unpaired) electrons. The van der Waals surface area contributed by atoms with Gasteiger partial charge in [-0.05, 0) is 48.5 Å². The monoisotopic (exact) mass is 553 g/mol. The van der Waals surface area contributed by atoms with Gasteiger partial charge < -0.3 is 15.1 Å². The largest absolute Gasteiger partial charge is 0.455 e. The van der Waals surface area contributed by atoms with Crippen molar-refractivity contribution in [2.45, 2.75) is 30.4 Å². The molecule has 2 heterocycles. The van der Waals surface area contributed by atoms with Gasteiger partial charge in [0.25, 0.3) is 0 Å². The maximum atomic E-state index is 12.7. The van der Waals surface area contributed by atoms with E-state index < -0.39 is 15.3 Å². The first-order valence-electron chi connectivity index (χ1n) is 11.9. The number of carbonyl (C=O) groups excluding carboxylic acids is 2. The van der Waals surface area contributed by atoms with Gasteiger partial charge in [-0.25, -0.2) is 8.42 Å². The number of anilines is 1. The molecule has 0 aliphatic carbocycles. The number of hydrogen-bond donors (Lipinski definition) is 2. The summed E-state index contributed by atoms with van der Waals surface area (Å²) in [5, 5.41) is 13.1. The second-order valence-corrected chi connectivity index (χ2v) is 11.3. The summed E-state index contributed by atoms with van der Waals surface area (Å²) < 4.78 is 32.5. The lowest BCUT2D eigenvalue weighted by Crippen LogP contribution is -2.30. The highest BCUT2D eigenvalue weighted by Gasteiger charge is 2.32. The summed E-state index contributed by atoms with van der Waals surface area (Å²) in [6.45, 7) is 4.40. The maximum absolute atomic E-state index is 12.7. The van der Waals surface area contributed by atoms with Crippen LogP contribution in [0.1, 0.15) is 26.0 Å². The molecule has 10 nitrogen and oxygen atoms in total. The van der Waals surface area contributed by atoms with Crippen molar-refractivity contribution >= 4 is 50.7 Å². The van der Waals surface area contributed by atoms with Crippen molar-refractivity contribution in [3.63, 3.8) is 0 Å². The van der Waals surface area contributed by atoms with E-state index in [0.717, 1.165) is 11.8 Å². The number of sulfonamides is 1. The third-order valence-electron chi connectivity index (χ3n) is 5.65. The molecule has 38 heavy (non-hydrogen) atoms. The summed E-state index contributed by atoms with van der Waals surface area (Å²) in [5.74, 6) is 0.394. The third kappa shape index (κ3) is 6.57. The zero-order valence-corrected chi connectivity index (χ0v) is 22.5. The number of amidine groups is 1. The molecule has 0 bridgehead atoms. The van der Waals surface area contributed by atoms with E-state index in [4.69, 9.17) is 4.42 Å². The van der Waals surface area contributed by atoms with E-state index in [2.05, 4.69) is 20.8 Å². The summed E-state index contributed by atoms with van der Waals surface area (Å²) in [6, 6.07) is 19.0. The van der Waals surface area contributed by atoms with Gasteiger partial charge in [-0.2, -0.15) is 9.41 Å². The van der Waals surface area contributed by atoms with Crippen molar-refractivity contribution in [3.8, 4) is 11.3 Å². The summed E-state index contributed by atoms with van der Waals surface area (Å²) in [5.41, 5.74) is 1.38. The molecule has 1 aliphatic heterocycles. The zero-order valence-electron chi connectivity index (χ0n) is 20.8. The van der Waals surface area contributed by atoms with Gasteiger partial charge in [0.05, 0.1) is 11.1 Å². The lowest BCUT2D eigenvalue weighted by atomic mass is 10.2. The molecule has 0 spiro atoms. The number of carbonyl (C=O) groups is 2. The highest BCUT2D eigenvalue weighted by atomic mass is 32.2. The number of rotatable bonds is 10. The van der Waals surface area contributed by atoms with E-state index >= 15 is 0 Å². The van der Waals surface area contributed by atoms with Gasteiger partial charge in [0.1, 0.15) is 16.8 Å². The molecule has 1 aromatic heterocycles. The Kier molecular flexibility index (Phi) is 8.77. The minimum absolute atomic E-state index is 0.00465. The lowest BCUT2D eigenvalue weighted by molar-refractivity contribution is -0.122. The zero-order chi connectivity index (χ0) is 27.1. The van der Waals surface area contributed by atoms with Crippen LogP contribution in [0, 0.1) is 0 Å². The van der Waals surface area contributed by atoms with E-state index in [1.165, 1.54) is 10.5 Å². The molecule has 1 fully saturated rings. The fraction of sp³-hybridized carbons (Fsp3) is 0.231. The quantitative estimate of drug-likeness (QED) is 0.289. The van der Waals surface area contributed by atoms with Crippen molar-refractivity contribution in [2.24, 2.45) is 10.2 Å². The Labute approximate surface area is 225 Å². The highest BCUT2D eigenvalue weighted by molar-refractivity contribution is 8.15. The van der Waals surface area contributed by atoms with E-state index in [-0.39, 0.29) is 23.1 Å². The van der Waals surface area contributed by atoms with Crippen LogP contribution in [0.15, 0.2) is 86.2 Å². The Morgan fingerprint density at radius 3 is 2.47 bits per heavy atom. The second-order valence-electron chi connectivity index (χ2n) is 8.18. The van der Waals surface area contributed by atoms with Gasteiger partial charge in [0.15, 0.2) is 5.17 Å². The van der Waals surface area contributed by atoms with Gasteiger partial charge in [0, 0.05) is 30.8 Å². The minimum atomic E-state index is -3.53. The Hall–Kier alpha value is -3.74. The number of para-hydroxylation sites is 1. The molecule has 198 valence electrons. The predicted octanol–water partition coefficient (Wildman–Crippen LogP) is 3.93. The minimum Gasteiger partial charge on any atom is -0.455 e. The number of amides is 2. The number of nitrogens with zero attached hydrogens (tertiary/aromatic N) is 3. The highest BCUT2D eigenvalue weighted by Crippen LogP contribution is 2.25. The molecule has 0 saturated carbocycles. The first-order valence-corrected chi connectivity index (χ1v) is 14.3. The molecule has 1 atom stereocenters. The molecular weight excluding hydrogens is 526 g/mol. The van der Waals surface area contributed by atoms with Crippen molar-refractivity contribution in [2.75, 3.05) is 18.4 Å². The number of hydrogen-bond acceptors (Lipinski definition) is 8. The van der Waals surface area contributed by atoms with E-state index in [0.29, 0.717) is 41.0 Å². The number of benzene rings is 2. The molecule has 1 aliphatic rings. The number of nitrogens with one attached hydrogen (secondary N) is 2. The second kappa shape index (κ2) is 12.2. The summed E-state index contributed by atoms with van der Waals surface area (Å²) in [7, 11) is -3.53. The average molecular weight is 554 g/mol. The lowest BCUT2D eigenvalue weighted by Gasteiger charge is -2.18. The van der Waals surface area contributed by atoms with Crippen LogP contribution in [-0.2, 0) is 19.6 Å². The van der Waals surface area contributed by atoms with E-state index in [1.54, 1.807) is 62.4 Å². The molecule has 1 saturated heterocycles. The molecular formula is C26H27N5O5S2. The van der Waals surface area contributed by atoms with Crippen LogP contribution in [0.4, 0.5) is 5.69 Å². The van der Waals surface area contributed by atoms with Gasteiger partial charge >= 0.3 is 0 Å². The number of furan rings is 1. The van der Waals surface area contributed by atoms with Gasteiger partial charge in [0.2, 0.25) is 21.8 Å². The summed E-state index contributed by atoms with van der Waals surface area (Å²) in [6.07, 6.45) is 1.41. The maximum Gasteiger partial charge on any atom is 0.243 e. The summed E-state index contributed by atoms with van der Waals surface area (Å²) in [4.78, 5) is 24.7. The van der Waals surface area contributed by atoms with Crippen LogP contribution in [0.2, 0.25) is 0 Å². The summed E-state index contributed by atoms with van der Waals surface area (Å²) >= 11 is 1.13. The first kappa shape index (κ1) is 27.3. The molecule has 2 amide bonds. The molecule has 4 rings (SSSR count). The molecule has 2 N–H and O–H groups in total. The fourth-order valence-electron chi connectivity index (χ4n) is 3.71. The van der Waals surface area contributed by atoms with Gasteiger partial charge in [-0.1, -0.05) is 43.8 Å². The topological polar surface area (TPSA) is 133 Å². The molecule has 2 aromatic carbocycles. The van der Waals surface area contributed by atoms with Crippen LogP contribution in [0.25, 0.3) is 11.3 Å². The van der Waals surface area contributed by atoms with Crippen LogP contribution < -0.4 is 10.6 Å². The van der Waals surface area contributed by atoms with Crippen molar-refractivity contribution < 1.29 is 22.4 Å². The van der Waals surface area contributed by atoms with Crippen LogP contribution >= 0.6 is 11.8 Å². The van der Waals surface area contributed by atoms with Crippen LogP contribution in [0.3, 0.4) is 0 Å². The van der Waals surface area contributed by atoms with Gasteiger partial charge in [-0.15, -0.1) is 5.10 Å². The van der Waals surface area contributed by atoms with Crippen molar-refractivity contribution in [1.29, 1.82) is 0 Å². The molecule has 12 heteroatoms. The predicted molar refractivity (Wildman–Crippen MR) is 148 cm³/mol. The smallest absolute Gasteiger partial charge is 0.243 e. The standard InChI is InChI=1S/C26H27N5O5S2/c1-3-31(4-2)38(34,35)21-13-10-18(11-14-21)22-15-12-20(36-22)17-27-30-26-29-25(33)23(37-26)16-24(32)28-19-8-6-5-7-9-19/h5-15,17,23H,3-4,16H2,1-2H3,(H,28,32)(H,29,30,33)/b27-17-/t23-/m0/s1. The number of thioether (sulfide) groups is 1. The average Bonchev–Trinajstić information content (AvgIpc) is 3.52. The Morgan fingerprint density at radius 1 is 1.08 bits per heavy atom.